The number of guanidine groups is 1. The van der Waals surface area contributed by atoms with Gasteiger partial charge in [-0.2, -0.15) is 0 Å². The van der Waals surface area contributed by atoms with Crippen LogP contribution in [-0.2, 0) is 11.3 Å². The van der Waals surface area contributed by atoms with Gasteiger partial charge in [0.2, 0.25) is 0 Å². The Morgan fingerprint density at radius 2 is 2.09 bits per heavy atom. The molecule has 124 valence electrons. The molecule has 4 nitrogen and oxygen atoms in total. The Balaban J connectivity index is 0.00000242. The van der Waals surface area contributed by atoms with Crippen LogP contribution in [0.2, 0.25) is 0 Å². The van der Waals surface area contributed by atoms with Crippen molar-refractivity contribution in [1.29, 1.82) is 0 Å². The molecular weight excluding hydrogens is 389 g/mol. The molecule has 1 aliphatic heterocycles. The topological polar surface area (TPSA) is 36.9 Å². The zero-order valence-corrected chi connectivity index (χ0v) is 16.2. The highest BCUT2D eigenvalue weighted by Gasteiger charge is 2.24. The molecule has 1 N–H and O–H groups in total. The Labute approximate surface area is 151 Å². The summed E-state index contributed by atoms with van der Waals surface area (Å²) < 4.78 is 5.27. The lowest BCUT2D eigenvalue weighted by molar-refractivity contribution is 0.157. The number of aliphatic imine (C=N–C) groups is 1. The molecule has 1 aromatic rings. The second kappa shape index (κ2) is 10.0. The highest BCUT2D eigenvalue weighted by Crippen LogP contribution is 2.16. The Morgan fingerprint density at radius 1 is 1.36 bits per heavy atom. The van der Waals surface area contributed by atoms with Crippen molar-refractivity contribution in [2.75, 3.05) is 33.4 Å². The van der Waals surface area contributed by atoms with Gasteiger partial charge in [-0.05, 0) is 25.8 Å². The van der Waals surface area contributed by atoms with Crippen LogP contribution in [0.4, 0.5) is 0 Å². The quantitative estimate of drug-likeness (QED) is 0.455. The van der Waals surface area contributed by atoms with Gasteiger partial charge in [0, 0.05) is 32.7 Å². The molecule has 1 fully saturated rings. The van der Waals surface area contributed by atoms with Gasteiger partial charge in [-0.25, -0.2) is 4.99 Å². The maximum absolute atomic E-state index is 5.27. The number of ether oxygens (including phenoxy) is 1. The van der Waals surface area contributed by atoms with E-state index in [1.54, 1.807) is 7.11 Å². The molecule has 1 unspecified atom stereocenters. The lowest BCUT2D eigenvalue weighted by atomic mass is 10.1. The summed E-state index contributed by atoms with van der Waals surface area (Å²) in [7, 11) is 1.78. The van der Waals surface area contributed by atoms with Gasteiger partial charge < -0.3 is 15.0 Å². The Morgan fingerprint density at radius 3 is 2.73 bits per heavy atom. The van der Waals surface area contributed by atoms with Gasteiger partial charge in [-0.3, -0.25) is 0 Å². The average molecular weight is 417 g/mol. The largest absolute Gasteiger partial charge is 0.384 e. The first kappa shape index (κ1) is 19.2. The summed E-state index contributed by atoms with van der Waals surface area (Å²) in [4.78, 5) is 7.13. The second-order valence-electron chi connectivity index (χ2n) is 5.71. The van der Waals surface area contributed by atoms with E-state index in [4.69, 9.17) is 9.73 Å². The zero-order valence-electron chi connectivity index (χ0n) is 13.8. The molecule has 0 bridgehead atoms. The summed E-state index contributed by atoms with van der Waals surface area (Å²) in [5, 5.41) is 3.40. The van der Waals surface area contributed by atoms with E-state index in [1.165, 1.54) is 17.5 Å². The van der Waals surface area contributed by atoms with E-state index < -0.39 is 0 Å². The maximum Gasteiger partial charge on any atom is 0.194 e. The number of nitrogens with zero attached hydrogens (tertiary/aromatic N) is 2. The molecule has 1 aliphatic rings. The summed E-state index contributed by atoms with van der Waals surface area (Å²) in [5.74, 6) is 1.65. The molecule has 1 aromatic carbocycles. The summed E-state index contributed by atoms with van der Waals surface area (Å²) in [5.41, 5.74) is 2.54. The Kier molecular flexibility index (Phi) is 8.78. The summed E-state index contributed by atoms with van der Waals surface area (Å²) >= 11 is 0. The van der Waals surface area contributed by atoms with Gasteiger partial charge >= 0.3 is 0 Å². The fourth-order valence-corrected chi connectivity index (χ4v) is 2.68. The van der Waals surface area contributed by atoms with Crippen molar-refractivity contribution in [3.8, 4) is 0 Å². The van der Waals surface area contributed by atoms with Gasteiger partial charge in [-0.15, -0.1) is 24.0 Å². The van der Waals surface area contributed by atoms with E-state index in [-0.39, 0.29) is 24.0 Å². The Bertz CT molecular complexity index is 461. The molecule has 0 saturated carbocycles. The minimum Gasteiger partial charge on any atom is -0.384 e. The molecule has 22 heavy (non-hydrogen) atoms. The number of hydrogen-bond acceptors (Lipinski definition) is 2. The number of benzene rings is 1. The summed E-state index contributed by atoms with van der Waals surface area (Å²) in [6.45, 7) is 8.79. The zero-order chi connectivity index (χ0) is 15.1. The van der Waals surface area contributed by atoms with Crippen molar-refractivity contribution in [3.05, 3.63) is 35.4 Å². The predicted molar refractivity (Wildman–Crippen MR) is 103 cm³/mol. The highest BCUT2D eigenvalue weighted by atomic mass is 127. The monoisotopic (exact) mass is 417 g/mol. The van der Waals surface area contributed by atoms with E-state index in [1.807, 2.05) is 0 Å². The predicted octanol–water partition coefficient (Wildman–Crippen LogP) is 3.05. The first-order valence-electron chi connectivity index (χ1n) is 7.80. The van der Waals surface area contributed by atoms with Crippen molar-refractivity contribution in [1.82, 2.24) is 10.2 Å². The SMILES string of the molecule is CCNC(=NCc1ccc(C)cc1)N1CCC(COC)C1.I. The van der Waals surface area contributed by atoms with Crippen molar-refractivity contribution in [3.63, 3.8) is 0 Å². The number of methoxy groups -OCH3 is 1. The summed E-state index contributed by atoms with van der Waals surface area (Å²) in [6.07, 6.45) is 1.18. The van der Waals surface area contributed by atoms with Crippen molar-refractivity contribution >= 4 is 29.9 Å². The van der Waals surface area contributed by atoms with Crippen molar-refractivity contribution < 1.29 is 4.74 Å². The van der Waals surface area contributed by atoms with E-state index in [2.05, 4.69) is 48.3 Å². The third-order valence-corrected chi connectivity index (χ3v) is 3.85. The van der Waals surface area contributed by atoms with Crippen LogP contribution in [0.25, 0.3) is 0 Å². The van der Waals surface area contributed by atoms with Crippen molar-refractivity contribution in [2.45, 2.75) is 26.8 Å². The van der Waals surface area contributed by atoms with Crippen molar-refractivity contribution in [2.24, 2.45) is 10.9 Å². The maximum atomic E-state index is 5.27. The first-order chi connectivity index (χ1) is 10.2. The molecule has 0 radical (unpaired) electrons. The van der Waals surface area contributed by atoms with Gasteiger partial charge in [-0.1, -0.05) is 29.8 Å². The minimum absolute atomic E-state index is 0. The lowest BCUT2D eigenvalue weighted by Crippen LogP contribution is -2.40. The van der Waals surface area contributed by atoms with Crippen LogP contribution in [-0.4, -0.2) is 44.2 Å². The van der Waals surface area contributed by atoms with E-state index in [0.29, 0.717) is 5.92 Å². The lowest BCUT2D eigenvalue weighted by Gasteiger charge is -2.21. The van der Waals surface area contributed by atoms with Crippen LogP contribution < -0.4 is 5.32 Å². The van der Waals surface area contributed by atoms with Crippen LogP contribution in [0.1, 0.15) is 24.5 Å². The molecular formula is C17H28IN3O. The molecule has 0 aromatic heterocycles. The fraction of sp³-hybridized carbons (Fsp3) is 0.588. The molecule has 1 atom stereocenters. The van der Waals surface area contributed by atoms with E-state index >= 15 is 0 Å². The number of rotatable bonds is 5. The molecule has 5 heteroatoms. The minimum atomic E-state index is 0. The Hall–Kier alpha value is -0.820. The van der Waals surface area contributed by atoms with Gasteiger partial charge in [0.25, 0.3) is 0 Å². The normalized spacial score (nSPS) is 18.2. The standard InChI is InChI=1S/C17H27N3O.HI/c1-4-18-17(20-10-9-16(12-20)13-21-3)19-11-15-7-5-14(2)6-8-15;/h5-8,16H,4,9-13H2,1-3H3,(H,18,19);1H. The number of nitrogens with one attached hydrogen (secondary N) is 1. The number of likely N-dealkylation sites (tertiary alicyclic amines) is 1. The van der Waals surface area contributed by atoms with Crippen LogP contribution in [0.3, 0.4) is 0 Å². The highest BCUT2D eigenvalue weighted by molar-refractivity contribution is 14.0. The van der Waals surface area contributed by atoms with E-state index in [0.717, 1.165) is 38.7 Å². The van der Waals surface area contributed by atoms with E-state index in [9.17, 15) is 0 Å². The third kappa shape index (κ3) is 5.76. The fourth-order valence-electron chi connectivity index (χ4n) is 2.68. The summed E-state index contributed by atoms with van der Waals surface area (Å²) in [6, 6.07) is 8.59. The number of halogens is 1. The second-order valence-corrected chi connectivity index (χ2v) is 5.71. The number of hydrogen-bond donors (Lipinski definition) is 1. The first-order valence-corrected chi connectivity index (χ1v) is 7.80. The number of aryl methyl sites for hydroxylation is 1. The van der Waals surface area contributed by atoms with Crippen LogP contribution in [0, 0.1) is 12.8 Å². The van der Waals surface area contributed by atoms with Crippen LogP contribution in [0.5, 0.6) is 0 Å². The van der Waals surface area contributed by atoms with Gasteiger partial charge in [0.1, 0.15) is 0 Å². The third-order valence-electron chi connectivity index (χ3n) is 3.85. The molecule has 2 rings (SSSR count). The van der Waals surface area contributed by atoms with Gasteiger partial charge in [0.05, 0.1) is 13.2 Å². The average Bonchev–Trinajstić information content (AvgIpc) is 2.94. The van der Waals surface area contributed by atoms with Gasteiger partial charge in [0.15, 0.2) is 5.96 Å². The smallest absolute Gasteiger partial charge is 0.194 e. The molecule has 0 spiro atoms. The molecule has 0 amide bonds. The molecule has 1 heterocycles. The molecule has 0 aliphatic carbocycles. The molecule has 1 saturated heterocycles. The van der Waals surface area contributed by atoms with Crippen LogP contribution in [0.15, 0.2) is 29.3 Å². The van der Waals surface area contributed by atoms with Crippen LogP contribution >= 0.6 is 24.0 Å².